The molecule has 2 rings (SSSR count). The van der Waals surface area contributed by atoms with Crippen LogP contribution >= 0.6 is 11.3 Å². The van der Waals surface area contributed by atoms with E-state index in [0.29, 0.717) is 17.1 Å². The zero-order chi connectivity index (χ0) is 14.5. The van der Waals surface area contributed by atoms with Gasteiger partial charge in [-0.15, -0.1) is 17.9 Å². The quantitative estimate of drug-likeness (QED) is 0.806. The average Bonchev–Trinajstić information content (AvgIpc) is 2.87. The molecule has 0 radical (unpaired) electrons. The minimum absolute atomic E-state index is 0.120. The SMILES string of the molecule is C=CCNC(=O)c1sc(N2CCN(CC)CC2)cc1N. The summed E-state index contributed by atoms with van der Waals surface area (Å²) in [5, 5.41) is 3.85. The number of hydrogen-bond acceptors (Lipinski definition) is 5. The fourth-order valence-electron chi connectivity index (χ4n) is 2.25. The molecule has 0 saturated carbocycles. The number of nitrogens with one attached hydrogen (secondary N) is 1. The second-order valence-corrected chi connectivity index (χ2v) is 5.82. The molecule has 1 aliphatic heterocycles. The van der Waals surface area contributed by atoms with E-state index in [-0.39, 0.29) is 5.91 Å². The van der Waals surface area contributed by atoms with Crippen molar-refractivity contribution in [2.45, 2.75) is 6.92 Å². The Labute approximate surface area is 124 Å². The van der Waals surface area contributed by atoms with Gasteiger partial charge in [-0.1, -0.05) is 13.0 Å². The van der Waals surface area contributed by atoms with Crippen molar-refractivity contribution in [3.8, 4) is 0 Å². The highest BCUT2D eigenvalue weighted by Crippen LogP contribution is 2.32. The number of piperazine rings is 1. The van der Waals surface area contributed by atoms with Crippen LogP contribution in [0.5, 0.6) is 0 Å². The fraction of sp³-hybridized carbons (Fsp3) is 0.500. The van der Waals surface area contributed by atoms with E-state index in [4.69, 9.17) is 5.73 Å². The van der Waals surface area contributed by atoms with E-state index in [1.54, 1.807) is 6.08 Å². The Hall–Kier alpha value is -1.53. The molecular weight excluding hydrogens is 272 g/mol. The van der Waals surface area contributed by atoms with E-state index in [2.05, 4.69) is 28.6 Å². The zero-order valence-electron chi connectivity index (χ0n) is 11.9. The minimum atomic E-state index is -0.120. The summed E-state index contributed by atoms with van der Waals surface area (Å²) in [6.45, 7) is 11.4. The molecule has 6 heteroatoms. The van der Waals surface area contributed by atoms with E-state index in [0.717, 1.165) is 37.7 Å². The van der Waals surface area contributed by atoms with Crippen LogP contribution in [0.1, 0.15) is 16.6 Å². The number of nitrogen functional groups attached to an aromatic ring is 1. The highest BCUT2D eigenvalue weighted by atomic mass is 32.1. The zero-order valence-corrected chi connectivity index (χ0v) is 12.7. The molecular formula is C14H22N4OS. The van der Waals surface area contributed by atoms with Gasteiger partial charge in [0.2, 0.25) is 0 Å². The van der Waals surface area contributed by atoms with Gasteiger partial charge >= 0.3 is 0 Å². The van der Waals surface area contributed by atoms with E-state index in [9.17, 15) is 4.79 Å². The number of likely N-dealkylation sites (N-methyl/N-ethyl adjacent to an activating group) is 1. The Kier molecular flexibility index (Phi) is 5.03. The summed E-state index contributed by atoms with van der Waals surface area (Å²) in [6, 6.07) is 1.91. The summed E-state index contributed by atoms with van der Waals surface area (Å²) < 4.78 is 0. The monoisotopic (exact) mass is 294 g/mol. The van der Waals surface area contributed by atoms with Gasteiger partial charge in [0.1, 0.15) is 4.88 Å². The molecule has 1 amide bonds. The van der Waals surface area contributed by atoms with E-state index in [1.807, 2.05) is 6.07 Å². The molecule has 0 bridgehead atoms. The van der Waals surface area contributed by atoms with Gasteiger partial charge in [-0.25, -0.2) is 0 Å². The van der Waals surface area contributed by atoms with Crippen LogP contribution in [0.15, 0.2) is 18.7 Å². The van der Waals surface area contributed by atoms with Crippen LogP contribution < -0.4 is 16.0 Å². The van der Waals surface area contributed by atoms with Gasteiger partial charge in [0.05, 0.1) is 10.7 Å². The first-order chi connectivity index (χ1) is 9.65. The van der Waals surface area contributed by atoms with Crippen molar-refractivity contribution in [1.29, 1.82) is 0 Å². The summed E-state index contributed by atoms with van der Waals surface area (Å²) in [5.74, 6) is -0.120. The van der Waals surface area contributed by atoms with Crippen molar-refractivity contribution in [2.75, 3.05) is 49.9 Å². The molecule has 1 fully saturated rings. The lowest BCUT2D eigenvalue weighted by Crippen LogP contribution is -2.45. The third-order valence-corrected chi connectivity index (χ3v) is 4.70. The Morgan fingerprint density at radius 3 is 2.80 bits per heavy atom. The molecule has 110 valence electrons. The Morgan fingerprint density at radius 1 is 1.50 bits per heavy atom. The molecule has 1 aromatic rings. The molecule has 5 nitrogen and oxygen atoms in total. The summed E-state index contributed by atoms with van der Waals surface area (Å²) in [7, 11) is 0. The number of rotatable bonds is 5. The van der Waals surface area contributed by atoms with Gasteiger partial charge in [0.25, 0.3) is 5.91 Å². The smallest absolute Gasteiger partial charge is 0.263 e. The minimum Gasteiger partial charge on any atom is -0.397 e. The molecule has 1 aliphatic rings. The molecule has 0 spiro atoms. The van der Waals surface area contributed by atoms with Crippen LogP contribution in [0.25, 0.3) is 0 Å². The molecule has 0 atom stereocenters. The molecule has 2 heterocycles. The lowest BCUT2D eigenvalue weighted by atomic mass is 10.3. The highest BCUT2D eigenvalue weighted by molar-refractivity contribution is 7.18. The molecule has 20 heavy (non-hydrogen) atoms. The van der Waals surface area contributed by atoms with Crippen LogP contribution in [0.3, 0.4) is 0 Å². The van der Waals surface area contributed by atoms with Crippen LogP contribution in [0.4, 0.5) is 10.7 Å². The number of hydrogen-bond donors (Lipinski definition) is 2. The molecule has 0 aromatic carbocycles. The first kappa shape index (κ1) is 14.9. The fourth-order valence-corrected chi connectivity index (χ4v) is 3.30. The number of carbonyl (C=O) groups is 1. The summed E-state index contributed by atoms with van der Waals surface area (Å²) >= 11 is 1.47. The first-order valence-corrected chi connectivity index (χ1v) is 7.73. The number of nitrogens with two attached hydrogens (primary N) is 1. The maximum Gasteiger partial charge on any atom is 0.263 e. The lowest BCUT2D eigenvalue weighted by Gasteiger charge is -2.34. The lowest BCUT2D eigenvalue weighted by molar-refractivity contribution is 0.0963. The normalized spacial score (nSPS) is 16.1. The number of nitrogens with zero attached hydrogens (tertiary/aromatic N) is 2. The van der Waals surface area contributed by atoms with Gasteiger partial charge < -0.3 is 20.9 Å². The topological polar surface area (TPSA) is 61.6 Å². The van der Waals surface area contributed by atoms with Crippen molar-refractivity contribution < 1.29 is 4.79 Å². The van der Waals surface area contributed by atoms with Gasteiger partial charge in [-0.3, -0.25) is 4.79 Å². The van der Waals surface area contributed by atoms with Gasteiger partial charge in [-0.05, 0) is 12.6 Å². The Balaban J connectivity index is 2.03. The summed E-state index contributed by atoms with van der Waals surface area (Å²) in [4.78, 5) is 17.3. The number of anilines is 2. The van der Waals surface area contributed by atoms with Gasteiger partial charge in [0, 0.05) is 32.7 Å². The Morgan fingerprint density at radius 2 is 2.20 bits per heavy atom. The molecule has 0 unspecified atom stereocenters. The third kappa shape index (κ3) is 3.32. The summed E-state index contributed by atoms with van der Waals surface area (Å²) in [5.41, 5.74) is 6.52. The molecule has 3 N–H and O–H groups in total. The van der Waals surface area contributed by atoms with Crippen molar-refractivity contribution in [2.24, 2.45) is 0 Å². The van der Waals surface area contributed by atoms with E-state index < -0.39 is 0 Å². The van der Waals surface area contributed by atoms with Gasteiger partial charge in [0.15, 0.2) is 0 Å². The highest BCUT2D eigenvalue weighted by Gasteiger charge is 2.20. The maximum absolute atomic E-state index is 12.0. The van der Waals surface area contributed by atoms with Crippen molar-refractivity contribution >= 4 is 27.9 Å². The van der Waals surface area contributed by atoms with Crippen molar-refractivity contribution in [3.63, 3.8) is 0 Å². The van der Waals surface area contributed by atoms with Crippen molar-refractivity contribution in [1.82, 2.24) is 10.2 Å². The van der Waals surface area contributed by atoms with E-state index in [1.165, 1.54) is 11.3 Å². The van der Waals surface area contributed by atoms with Crippen LogP contribution in [-0.2, 0) is 0 Å². The van der Waals surface area contributed by atoms with Crippen LogP contribution in [0, 0.1) is 0 Å². The predicted molar refractivity (Wildman–Crippen MR) is 85.6 cm³/mol. The molecule has 1 saturated heterocycles. The van der Waals surface area contributed by atoms with E-state index >= 15 is 0 Å². The van der Waals surface area contributed by atoms with Crippen LogP contribution in [-0.4, -0.2) is 50.1 Å². The molecule has 1 aromatic heterocycles. The summed E-state index contributed by atoms with van der Waals surface area (Å²) in [6.07, 6.45) is 1.66. The second-order valence-electron chi connectivity index (χ2n) is 4.79. The number of carbonyl (C=O) groups excluding carboxylic acids is 1. The second kappa shape index (κ2) is 6.76. The van der Waals surface area contributed by atoms with Crippen molar-refractivity contribution in [3.05, 3.63) is 23.6 Å². The third-order valence-electron chi connectivity index (χ3n) is 3.49. The Bertz CT molecular complexity index is 478. The number of amides is 1. The van der Waals surface area contributed by atoms with Crippen LogP contribution in [0.2, 0.25) is 0 Å². The number of thiophene rings is 1. The largest absolute Gasteiger partial charge is 0.397 e. The molecule has 0 aliphatic carbocycles. The first-order valence-electron chi connectivity index (χ1n) is 6.91. The van der Waals surface area contributed by atoms with Gasteiger partial charge in [-0.2, -0.15) is 0 Å². The maximum atomic E-state index is 12.0. The standard InChI is InChI=1S/C14H22N4OS/c1-3-5-16-14(19)13-11(15)10-12(20-13)18-8-6-17(4-2)7-9-18/h3,10H,1,4-9,15H2,2H3,(H,16,19). The predicted octanol–water partition coefficient (Wildman–Crippen LogP) is 1.39. The average molecular weight is 294 g/mol.